The minimum absolute atomic E-state index is 0.213. The van der Waals surface area contributed by atoms with Crippen LogP contribution in [0, 0.1) is 0 Å². The number of fused-ring (bicyclic) bond motifs is 1. The molecular weight excluding hydrogens is 294 g/mol. The summed E-state index contributed by atoms with van der Waals surface area (Å²) >= 11 is 0. The van der Waals surface area contributed by atoms with Crippen LogP contribution < -0.4 is 9.50 Å². The Bertz CT molecular complexity index is 736. The number of aromatic nitrogens is 4. The monoisotopic (exact) mass is 311 g/mol. The fourth-order valence-corrected chi connectivity index (χ4v) is 2.88. The van der Waals surface area contributed by atoms with Gasteiger partial charge in [0, 0.05) is 6.04 Å². The van der Waals surface area contributed by atoms with Crippen LogP contribution in [0.25, 0.3) is 11.2 Å². The fraction of sp³-hybridized carbons (Fsp3) is 0.583. The van der Waals surface area contributed by atoms with Crippen LogP contribution in [0.1, 0.15) is 32.1 Å². The molecule has 3 rings (SSSR count). The summed E-state index contributed by atoms with van der Waals surface area (Å²) in [6.07, 6.45) is 8.21. The first-order valence-electron chi connectivity index (χ1n) is 6.88. The van der Waals surface area contributed by atoms with Gasteiger partial charge in [0.05, 0.1) is 12.6 Å². The molecule has 2 aromatic rings. The van der Waals surface area contributed by atoms with Gasteiger partial charge in [-0.25, -0.2) is 4.98 Å². The van der Waals surface area contributed by atoms with Crippen LogP contribution in [0.5, 0.6) is 6.01 Å². The standard InChI is InChI=1S/C12H17N5O3S/c1-21(18,19)20-12-16-10-9(13-7-14-10)11(17-12)15-8-5-3-2-4-6-8/h7-8H,2-6H2,1H3,(H2,13,14,15,16,17). The number of aromatic amines is 1. The van der Waals surface area contributed by atoms with Crippen LogP contribution in [0.15, 0.2) is 6.33 Å². The molecule has 2 aromatic heterocycles. The van der Waals surface area contributed by atoms with Crippen molar-refractivity contribution in [3.05, 3.63) is 6.33 Å². The topological polar surface area (TPSA) is 110 Å². The van der Waals surface area contributed by atoms with E-state index in [1.54, 1.807) is 0 Å². The Kier molecular flexibility index (Phi) is 3.66. The zero-order valence-electron chi connectivity index (χ0n) is 11.7. The van der Waals surface area contributed by atoms with Crippen molar-refractivity contribution < 1.29 is 12.6 Å². The summed E-state index contributed by atoms with van der Waals surface area (Å²) in [4.78, 5) is 15.1. The number of nitrogens with zero attached hydrogens (tertiary/aromatic N) is 3. The van der Waals surface area contributed by atoms with E-state index < -0.39 is 10.1 Å². The summed E-state index contributed by atoms with van der Waals surface area (Å²) in [5.41, 5.74) is 1.03. The van der Waals surface area contributed by atoms with Gasteiger partial charge < -0.3 is 14.5 Å². The molecule has 0 radical (unpaired) electrons. The third kappa shape index (κ3) is 3.41. The highest BCUT2D eigenvalue weighted by Crippen LogP contribution is 2.25. The lowest BCUT2D eigenvalue weighted by Gasteiger charge is -2.23. The van der Waals surface area contributed by atoms with Crippen LogP contribution >= 0.6 is 0 Å². The lowest BCUT2D eigenvalue weighted by Crippen LogP contribution is -2.23. The molecule has 0 spiro atoms. The molecule has 1 saturated carbocycles. The Morgan fingerprint density at radius 1 is 1.29 bits per heavy atom. The van der Waals surface area contributed by atoms with Gasteiger partial charge in [-0.1, -0.05) is 19.3 Å². The van der Waals surface area contributed by atoms with E-state index in [0.717, 1.165) is 19.1 Å². The normalized spacial score (nSPS) is 17.0. The Morgan fingerprint density at radius 3 is 2.76 bits per heavy atom. The van der Waals surface area contributed by atoms with Crippen molar-refractivity contribution in [2.24, 2.45) is 0 Å². The average Bonchev–Trinajstić information content (AvgIpc) is 2.86. The second-order valence-electron chi connectivity index (χ2n) is 5.22. The van der Waals surface area contributed by atoms with E-state index in [4.69, 9.17) is 4.18 Å². The summed E-state index contributed by atoms with van der Waals surface area (Å²) in [6, 6.07) is 0.113. The molecule has 1 aliphatic rings. The Hall–Kier alpha value is -1.90. The quantitative estimate of drug-likeness (QED) is 0.822. The van der Waals surface area contributed by atoms with Crippen LogP contribution in [0.4, 0.5) is 5.82 Å². The van der Waals surface area contributed by atoms with Crippen LogP contribution in [0.3, 0.4) is 0 Å². The lowest BCUT2D eigenvalue weighted by molar-refractivity contribution is 0.458. The SMILES string of the molecule is CS(=O)(=O)Oc1nc(NC2CCCCC2)c2[nH]cnc2n1. The molecule has 0 atom stereocenters. The summed E-state index contributed by atoms with van der Waals surface area (Å²) in [6.45, 7) is 0. The number of nitrogens with one attached hydrogen (secondary N) is 2. The molecule has 0 aromatic carbocycles. The minimum atomic E-state index is -3.67. The smallest absolute Gasteiger partial charge is 0.337 e. The van der Waals surface area contributed by atoms with Gasteiger partial charge in [0.2, 0.25) is 0 Å². The zero-order valence-corrected chi connectivity index (χ0v) is 12.5. The number of hydrogen-bond donors (Lipinski definition) is 2. The summed E-state index contributed by atoms with van der Waals surface area (Å²) in [5.74, 6) is 0.531. The van der Waals surface area contributed by atoms with Crippen molar-refractivity contribution in [3.63, 3.8) is 0 Å². The molecular formula is C12H17N5O3S. The van der Waals surface area contributed by atoms with Gasteiger partial charge in [-0.05, 0) is 12.8 Å². The van der Waals surface area contributed by atoms with Gasteiger partial charge in [-0.2, -0.15) is 18.4 Å². The third-order valence-corrected chi connectivity index (χ3v) is 3.89. The number of H-pyrrole nitrogens is 1. The summed E-state index contributed by atoms with van der Waals surface area (Å²) < 4.78 is 27.2. The number of anilines is 1. The van der Waals surface area contributed by atoms with E-state index in [2.05, 4.69) is 25.3 Å². The molecule has 1 fully saturated rings. The highest BCUT2D eigenvalue weighted by atomic mass is 32.2. The molecule has 2 heterocycles. The molecule has 0 saturated heterocycles. The van der Waals surface area contributed by atoms with Crippen LogP contribution in [-0.2, 0) is 10.1 Å². The van der Waals surface area contributed by atoms with Crippen molar-refractivity contribution in [3.8, 4) is 6.01 Å². The fourth-order valence-electron chi connectivity index (χ4n) is 2.53. The predicted molar refractivity (Wildman–Crippen MR) is 77.7 cm³/mol. The molecule has 9 heteroatoms. The maximum absolute atomic E-state index is 11.2. The molecule has 21 heavy (non-hydrogen) atoms. The van der Waals surface area contributed by atoms with Gasteiger partial charge in [-0.3, -0.25) is 0 Å². The van der Waals surface area contributed by atoms with E-state index in [0.29, 0.717) is 23.0 Å². The van der Waals surface area contributed by atoms with Gasteiger partial charge in [-0.15, -0.1) is 0 Å². The number of rotatable bonds is 4. The first kappa shape index (κ1) is 14.1. The van der Waals surface area contributed by atoms with Gasteiger partial charge >= 0.3 is 16.1 Å². The Labute approximate surface area is 122 Å². The third-order valence-electron chi connectivity index (χ3n) is 3.44. The van der Waals surface area contributed by atoms with E-state index in [9.17, 15) is 8.42 Å². The van der Waals surface area contributed by atoms with Gasteiger partial charge in [0.15, 0.2) is 11.5 Å². The molecule has 1 aliphatic carbocycles. The minimum Gasteiger partial charge on any atom is -0.365 e. The lowest BCUT2D eigenvalue weighted by atomic mass is 9.95. The second-order valence-corrected chi connectivity index (χ2v) is 6.80. The van der Waals surface area contributed by atoms with Crippen LogP contribution in [0.2, 0.25) is 0 Å². The Balaban J connectivity index is 1.93. The maximum Gasteiger partial charge on any atom is 0.337 e. The largest absolute Gasteiger partial charge is 0.365 e. The van der Waals surface area contributed by atoms with Crippen LogP contribution in [-0.4, -0.2) is 40.7 Å². The van der Waals surface area contributed by atoms with Gasteiger partial charge in [0.1, 0.15) is 5.52 Å². The Morgan fingerprint density at radius 2 is 2.05 bits per heavy atom. The van der Waals surface area contributed by atoms with Crippen molar-refractivity contribution in [2.45, 2.75) is 38.1 Å². The molecule has 0 amide bonds. The van der Waals surface area contributed by atoms with E-state index in [-0.39, 0.29) is 6.01 Å². The highest BCUT2D eigenvalue weighted by molar-refractivity contribution is 7.86. The van der Waals surface area contributed by atoms with Crippen molar-refractivity contribution in [2.75, 3.05) is 11.6 Å². The molecule has 2 N–H and O–H groups in total. The van der Waals surface area contributed by atoms with E-state index >= 15 is 0 Å². The number of imidazole rings is 1. The van der Waals surface area contributed by atoms with Crippen molar-refractivity contribution in [1.29, 1.82) is 0 Å². The first-order chi connectivity index (χ1) is 10.0. The zero-order chi connectivity index (χ0) is 14.9. The van der Waals surface area contributed by atoms with E-state index in [1.165, 1.54) is 25.6 Å². The second kappa shape index (κ2) is 5.47. The van der Waals surface area contributed by atoms with Crippen molar-refractivity contribution >= 4 is 27.1 Å². The molecule has 0 unspecified atom stereocenters. The predicted octanol–water partition coefficient (Wildman–Crippen LogP) is 1.44. The molecule has 8 nitrogen and oxygen atoms in total. The number of hydrogen-bond acceptors (Lipinski definition) is 7. The van der Waals surface area contributed by atoms with Gasteiger partial charge in [0.25, 0.3) is 0 Å². The molecule has 0 aliphatic heterocycles. The summed E-state index contributed by atoms with van der Waals surface area (Å²) in [7, 11) is -3.67. The summed E-state index contributed by atoms with van der Waals surface area (Å²) in [5, 5.41) is 3.34. The van der Waals surface area contributed by atoms with Crippen molar-refractivity contribution in [1.82, 2.24) is 19.9 Å². The molecule has 0 bridgehead atoms. The molecule has 114 valence electrons. The highest BCUT2D eigenvalue weighted by Gasteiger charge is 2.18. The van der Waals surface area contributed by atoms with E-state index in [1.807, 2.05) is 0 Å². The first-order valence-corrected chi connectivity index (χ1v) is 8.70. The maximum atomic E-state index is 11.2. The average molecular weight is 311 g/mol.